The molecule has 0 amide bonds. The molecule has 1 fully saturated rings. The van der Waals surface area contributed by atoms with Gasteiger partial charge in [-0.25, -0.2) is 0 Å². The fourth-order valence-electron chi connectivity index (χ4n) is 3.01. The van der Waals surface area contributed by atoms with Crippen molar-refractivity contribution in [1.29, 1.82) is 0 Å². The summed E-state index contributed by atoms with van der Waals surface area (Å²) in [4.78, 5) is 4.57. The largest absolute Gasteiger partial charge is 0.493 e. The Morgan fingerprint density at radius 3 is 2.74 bits per heavy atom. The monoisotopic (exact) mass is 315 g/mol. The smallest absolute Gasteiger partial charge is 0.244 e. The lowest BCUT2D eigenvalue weighted by atomic mass is 10.1. The summed E-state index contributed by atoms with van der Waals surface area (Å²) in [6.07, 6.45) is 4.43. The van der Waals surface area contributed by atoms with Crippen molar-refractivity contribution in [3.05, 3.63) is 29.2 Å². The van der Waals surface area contributed by atoms with Gasteiger partial charge in [-0.1, -0.05) is 18.5 Å². The van der Waals surface area contributed by atoms with Crippen LogP contribution in [0.3, 0.4) is 0 Å². The van der Waals surface area contributed by atoms with Crippen molar-refractivity contribution in [2.45, 2.75) is 52.5 Å². The summed E-state index contributed by atoms with van der Waals surface area (Å²) in [5.41, 5.74) is 3.21. The normalized spacial score (nSPS) is 17.6. The van der Waals surface area contributed by atoms with E-state index in [2.05, 4.69) is 48.4 Å². The fraction of sp³-hybridized carbons (Fsp3) is 0.556. The fourth-order valence-corrected chi connectivity index (χ4v) is 3.01. The molecule has 1 saturated heterocycles. The van der Waals surface area contributed by atoms with E-state index in [1.165, 1.54) is 0 Å². The number of nitrogens with one attached hydrogen (secondary N) is 1. The van der Waals surface area contributed by atoms with Crippen molar-refractivity contribution in [3.8, 4) is 17.1 Å². The number of rotatable bonds is 6. The van der Waals surface area contributed by atoms with E-state index in [1.807, 2.05) is 0 Å². The van der Waals surface area contributed by atoms with E-state index >= 15 is 0 Å². The summed E-state index contributed by atoms with van der Waals surface area (Å²) in [6, 6.07) is 4.35. The van der Waals surface area contributed by atoms with Crippen LogP contribution in [0.1, 0.15) is 55.7 Å². The lowest BCUT2D eigenvalue weighted by Gasteiger charge is -2.12. The lowest BCUT2D eigenvalue weighted by molar-refractivity contribution is 0.305. The zero-order valence-electron chi connectivity index (χ0n) is 14.2. The second kappa shape index (κ2) is 7.13. The Labute approximate surface area is 137 Å². The summed E-state index contributed by atoms with van der Waals surface area (Å²) >= 11 is 0. The first-order valence-electron chi connectivity index (χ1n) is 8.50. The van der Waals surface area contributed by atoms with Crippen LogP contribution in [0.4, 0.5) is 0 Å². The Bertz CT molecular complexity index is 637. The quantitative estimate of drug-likeness (QED) is 0.818. The van der Waals surface area contributed by atoms with Gasteiger partial charge in [0, 0.05) is 5.56 Å². The molecule has 0 radical (unpaired) electrons. The van der Waals surface area contributed by atoms with Gasteiger partial charge < -0.3 is 14.6 Å². The van der Waals surface area contributed by atoms with Crippen LogP contribution < -0.4 is 10.1 Å². The summed E-state index contributed by atoms with van der Waals surface area (Å²) in [6.45, 7) is 8.08. The third-order valence-electron chi connectivity index (χ3n) is 4.26. The van der Waals surface area contributed by atoms with Crippen LogP contribution in [0.5, 0.6) is 5.75 Å². The van der Waals surface area contributed by atoms with Gasteiger partial charge in [-0.15, -0.1) is 0 Å². The highest BCUT2D eigenvalue weighted by Crippen LogP contribution is 2.30. The average Bonchev–Trinajstić information content (AvgIpc) is 3.20. The number of nitrogens with zero attached hydrogens (tertiary/aromatic N) is 2. The molecule has 23 heavy (non-hydrogen) atoms. The molecule has 2 aromatic rings. The molecule has 1 atom stereocenters. The van der Waals surface area contributed by atoms with Gasteiger partial charge in [-0.2, -0.15) is 4.98 Å². The van der Waals surface area contributed by atoms with Crippen LogP contribution in [0.25, 0.3) is 11.4 Å². The Kier molecular flexibility index (Phi) is 4.96. The standard InChI is InChI=1S/C18H25N3O2/c1-4-5-9-22-16-12(2)10-14(11-13(16)3)17-20-18(23-21-17)15-7-6-8-19-15/h10-11,15,19H,4-9H2,1-3H3/t15-/m1/s1. The molecule has 2 heterocycles. The van der Waals surface area contributed by atoms with Gasteiger partial charge in [0.25, 0.3) is 0 Å². The molecule has 124 valence electrons. The van der Waals surface area contributed by atoms with Gasteiger partial charge in [-0.3, -0.25) is 0 Å². The Morgan fingerprint density at radius 2 is 2.09 bits per heavy atom. The molecule has 1 aliphatic rings. The van der Waals surface area contributed by atoms with Gasteiger partial charge in [0.15, 0.2) is 0 Å². The van der Waals surface area contributed by atoms with E-state index < -0.39 is 0 Å². The topological polar surface area (TPSA) is 60.2 Å². The van der Waals surface area contributed by atoms with Gasteiger partial charge in [-0.05, 0) is 62.9 Å². The summed E-state index contributed by atoms with van der Waals surface area (Å²) in [5.74, 6) is 2.32. The maximum absolute atomic E-state index is 5.91. The number of aromatic nitrogens is 2. The first-order valence-corrected chi connectivity index (χ1v) is 8.50. The molecule has 0 bridgehead atoms. The maximum Gasteiger partial charge on any atom is 0.244 e. The van der Waals surface area contributed by atoms with Gasteiger partial charge in [0.05, 0.1) is 12.6 Å². The molecular weight excluding hydrogens is 290 g/mol. The van der Waals surface area contributed by atoms with E-state index in [-0.39, 0.29) is 6.04 Å². The molecule has 0 spiro atoms. The summed E-state index contributed by atoms with van der Waals surface area (Å²) in [7, 11) is 0. The molecule has 1 aromatic carbocycles. The van der Waals surface area contributed by atoms with Crippen molar-refractivity contribution in [1.82, 2.24) is 15.5 Å². The van der Waals surface area contributed by atoms with E-state index in [9.17, 15) is 0 Å². The van der Waals surface area contributed by atoms with Gasteiger partial charge >= 0.3 is 0 Å². The summed E-state index contributed by atoms with van der Waals surface area (Å²) in [5, 5.41) is 7.53. The molecule has 0 aliphatic carbocycles. The molecule has 5 heteroatoms. The molecule has 5 nitrogen and oxygen atoms in total. The molecule has 3 rings (SSSR count). The van der Waals surface area contributed by atoms with Crippen LogP contribution in [-0.4, -0.2) is 23.3 Å². The Balaban J connectivity index is 1.80. The van der Waals surface area contributed by atoms with E-state index in [0.717, 1.165) is 61.3 Å². The van der Waals surface area contributed by atoms with Crippen molar-refractivity contribution in [2.75, 3.05) is 13.2 Å². The number of ether oxygens (including phenoxy) is 1. The molecular formula is C18H25N3O2. The number of unbranched alkanes of at least 4 members (excludes halogenated alkanes) is 1. The van der Waals surface area contributed by atoms with Crippen LogP contribution in [0.2, 0.25) is 0 Å². The van der Waals surface area contributed by atoms with E-state index in [4.69, 9.17) is 9.26 Å². The molecule has 0 unspecified atom stereocenters. The van der Waals surface area contributed by atoms with Gasteiger partial charge in [0.2, 0.25) is 11.7 Å². The first kappa shape index (κ1) is 16.0. The SMILES string of the molecule is CCCCOc1c(C)cc(-c2noc([C@H]3CCCN3)n2)cc1C. The minimum Gasteiger partial charge on any atom is -0.493 e. The minimum absolute atomic E-state index is 0.204. The highest BCUT2D eigenvalue weighted by atomic mass is 16.5. The van der Waals surface area contributed by atoms with Crippen molar-refractivity contribution >= 4 is 0 Å². The third-order valence-corrected chi connectivity index (χ3v) is 4.26. The van der Waals surface area contributed by atoms with Crippen molar-refractivity contribution in [3.63, 3.8) is 0 Å². The van der Waals surface area contributed by atoms with Gasteiger partial charge in [0.1, 0.15) is 5.75 Å². The lowest BCUT2D eigenvalue weighted by Crippen LogP contribution is -2.12. The number of aryl methyl sites for hydroxylation is 2. The number of benzene rings is 1. The van der Waals surface area contributed by atoms with Crippen molar-refractivity contribution in [2.24, 2.45) is 0 Å². The third kappa shape index (κ3) is 3.55. The molecule has 1 aromatic heterocycles. The van der Waals surface area contributed by atoms with E-state index in [1.54, 1.807) is 0 Å². The summed E-state index contributed by atoms with van der Waals surface area (Å²) < 4.78 is 11.3. The highest BCUT2D eigenvalue weighted by Gasteiger charge is 2.23. The Hall–Kier alpha value is -1.88. The zero-order chi connectivity index (χ0) is 16.2. The first-order chi connectivity index (χ1) is 11.2. The van der Waals surface area contributed by atoms with Crippen LogP contribution >= 0.6 is 0 Å². The Morgan fingerprint density at radius 1 is 1.30 bits per heavy atom. The van der Waals surface area contributed by atoms with Crippen LogP contribution in [-0.2, 0) is 0 Å². The minimum atomic E-state index is 0.204. The number of hydrogen-bond donors (Lipinski definition) is 1. The zero-order valence-corrected chi connectivity index (χ0v) is 14.2. The predicted molar refractivity (Wildman–Crippen MR) is 89.6 cm³/mol. The van der Waals surface area contributed by atoms with Crippen LogP contribution in [0, 0.1) is 13.8 Å². The van der Waals surface area contributed by atoms with E-state index in [0.29, 0.717) is 11.7 Å². The second-order valence-corrected chi connectivity index (χ2v) is 6.25. The average molecular weight is 315 g/mol. The molecule has 1 N–H and O–H groups in total. The van der Waals surface area contributed by atoms with Crippen LogP contribution in [0.15, 0.2) is 16.7 Å². The molecule has 1 aliphatic heterocycles. The second-order valence-electron chi connectivity index (χ2n) is 6.25. The number of hydrogen-bond acceptors (Lipinski definition) is 5. The van der Waals surface area contributed by atoms with Crippen molar-refractivity contribution < 1.29 is 9.26 Å². The molecule has 0 saturated carbocycles. The maximum atomic E-state index is 5.91. The highest BCUT2D eigenvalue weighted by molar-refractivity contribution is 5.61. The predicted octanol–water partition coefficient (Wildman–Crippen LogP) is 3.96.